The highest BCUT2D eigenvalue weighted by Crippen LogP contribution is 2.37. The van der Waals surface area contributed by atoms with Crippen molar-refractivity contribution in [2.75, 3.05) is 18.4 Å². The Bertz CT molecular complexity index is 1160. The Labute approximate surface area is 208 Å². The molecular weight excluding hydrogens is 507 g/mol. The lowest BCUT2D eigenvalue weighted by atomic mass is 9.96. The number of piperidine rings is 1. The van der Waals surface area contributed by atoms with Crippen LogP contribution in [0, 0.1) is 16.0 Å². The molecule has 0 spiro atoms. The maximum Gasteiger partial charge on any atom is 0.418 e. The zero-order valence-electron chi connectivity index (χ0n) is 18.9. The summed E-state index contributed by atoms with van der Waals surface area (Å²) in [4.78, 5) is 48.9. The molecule has 1 N–H and O–H groups in total. The first-order valence-corrected chi connectivity index (χ1v) is 11.2. The number of nitrogens with zero attached hydrogens (tertiary/aromatic N) is 2. The number of ether oxygens (including phenoxy) is 1. The molecule has 1 fully saturated rings. The van der Waals surface area contributed by atoms with Gasteiger partial charge >= 0.3 is 12.1 Å². The van der Waals surface area contributed by atoms with Crippen molar-refractivity contribution >= 4 is 40.8 Å². The molecule has 2 aromatic carbocycles. The molecule has 13 heteroatoms. The molecule has 0 bridgehead atoms. The van der Waals surface area contributed by atoms with E-state index >= 15 is 0 Å². The summed E-state index contributed by atoms with van der Waals surface area (Å²) in [6.45, 7) is 1.75. The van der Waals surface area contributed by atoms with E-state index in [-0.39, 0.29) is 31.8 Å². The fourth-order valence-corrected chi connectivity index (χ4v) is 3.77. The molecule has 36 heavy (non-hydrogen) atoms. The number of halogens is 4. The molecule has 1 aliphatic heterocycles. The van der Waals surface area contributed by atoms with Crippen LogP contribution in [-0.4, -0.2) is 46.8 Å². The third kappa shape index (κ3) is 6.51. The van der Waals surface area contributed by atoms with E-state index < -0.39 is 51.9 Å². The Balaban J connectivity index is 1.57. The Morgan fingerprint density at radius 3 is 2.31 bits per heavy atom. The number of non-ortho nitro benzene ring substituents is 1. The number of benzene rings is 2. The van der Waals surface area contributed by atoms with Crippen LogP contribution in [0.3, 0.4) is 0 Å². The lowest BCUT2D eigenvalue weighted by molar-refractivity contribution is -0.385. The number of alkyl halides is 3. The standard InChI is InChI=1S/C23H21ClF3N3O6/c1-13(20(31)28-19-7-6-17(30(34)35)12-18(19)23(25,26)27)36-22(33)15-8-10-29(11-9-15)21(32)14-2-4-16(24)5-3-14/h2-7,12-13,15H,8-11H2,1H3,(H,28,31). The SMILES string of the molecule is CC(OC(=O)C1CCN(C(=O)c2ccc(Cl)cc2)CC1)C(=O)Nc1ccc([N+](=O)[O-])cc1C(F)(F)F. The van der Waals surface area contributed by atoms with Crippen LogP contribution >= 0.6 is 11.6 Å². The van der Waals surface area contributed by atoms with E-state index in [1.165, 1.54) is 6.92 Å². The summed E-state index contributed by atoms with van der Waals surface area (Å²) >= 11 is 5.83. The van der Waals surface area contributed by atoms with Crippen LogP contribution in [0.4, 0.5) is 24.5 Å². The van der Waals surface area contributed by atoms with Gasteiger partial charge in [-0.05, 0) is 50.1 Å². The normalized spacial score (nSPS) is 15.2. The summed E-state index contributed by atoms with van der Waals surface area (Å²) in [6, 6.07) is 8.28. The predicted molar refractivity (Wildman–Crippen MR) is 122 cm³/mol. The first-order chi connectivity index (χ1) is 16.9. The van der Waals surface area contributed by atoms with E-state index in [0.29, 0.717) is 16.7 Å². The predicted octanol–water partition coefficient (Wildman–Crippen LogP) is 4.69. The molecule has 1 unspecified atom stereocenters. The van der Waals surface area contributed by atoms with Gasteiger partial charge < -0.3 is 15.0 Å². The minimum atomic E-state index is -4.97. The van der Waals surface area contributed by atoms with E-state index in [4.69, 9.17) is 16.3 Å². The third-order valence-corrected chi connectivity index (χ3v) is 5.90. The van der Waals surface area contributed by atoms with Crippen molar-refractivity contribution in [3.63, 3.8) is 0 Å². The van der Waals surface area contributed by atoms with Crippen molar-refractivity contribution in [3.05, 3.63) is 68.7 Å². The summed E-state index contributed by atoms with van der Waals surface area (Å²) in [5.74, 6) is -2.55. The Morgan fingerprint density at radius 2 is 1.75 bits per heavy atom. The van der Waals surface area contributed by atoms with Crippen molar-refractivity contribution in [3.8, 4) is 0 Å². The van der Waals surface area contributed by atoms with Crippen LogP contribution in [0.1, 0.15) is 35.7 Å². The second-order valence-corrected chi connectivity index (χ2v) is 8.56. The van der Waals surface area contributed by atoms with E-state index in [9.17, 15) is 37.7 Å². The van der Waals surface area contributed by atoms with Crippen molar-refractivity contribution in [1.82, 2.24) is 4.90 Å². The monoisotopic (exact) mass is 527 g/mol. The lowest BCUT2D eigenvalue weighted by Crippen LogP contribution is -2.41. The van der Waals surface area contributed by atoms with Crippen LogP contribution in [0.25, 0.3) is 0 Å². The Hall–Kier alpha value is -3.67. The summed E-state index contributed by atoms with van der Waals surface area (Å²) in [5.41, 5.74) is -2.44. The van der Waals surface area contributed by atoms with Gasteiger partial charge in [0.15, 0.2) is 6.10 Å². The maximum absolute atomic E-state index is 13.3. The molecule has 3 rings (SSSR count). The van der Waals surface area contributed by atoms with Gasteiger partial charge in [0.25, 0.3) is 17.5 Å². The Morgan fingerprint density at radius 1 is 1.14 bits per heavy atom. The number of nitro benzene ring substituents is 1. The van der Waals surface area contributed by atoms with Gasteiger partial charge in [0.1, 0.15) is 0 Å². The number of carbonyl (C=O) groups excluding carboxylic acids is 3. The molecule has 9 nitrogen and oxygen atoms in total. The molecule has 0 aromatic heterocycles. The second kappa shape index (κ2) is 10.9. The van der Waals surface area contributed by atoms with Crippen LogP contribution < -0.4 is 5.32 Å². The molecule has 1 atom stereocenters. The first-order valence-electron chi connectivity index (χ1n) is 10.8. The minimum Gasteiger partial charge on any atom is -0.452 e. The summed E-state index contributed by atoms with van der Waals surface area (Å²) < 4.78 is 45.1. The summed E-state index contributed by atoms with van der Waals surface area (Å²) in [6.07, 6.45) is -5.82. The van der Waals surface area contributed by atoms with Gasteiger partial charge in [-0.1, -0.05) is 11.6 Å². The summed E-state index contributed by atoms with van der Waals surface area (Å²) in [5, 5.41) is 13.3. The molecule has 0 radical (unpaired) electrons. The largest absolute Gasteiger partial charge is 0.452 e. The number of hydrogen-bond acceptors (Lipinski definition) is 6. The second-order valence-electron chi connectivity index (χ2n) is 8.13. The van der Waals surface area contributed by atoms with Crippen molar-refractivity contribution in [2.45, 2.75) is 32.0 Å². The number of nitro groups is 1. The van der Waals surface area contributed by atoms with Crippen molar-refractivity contribution in [2.24, 2.45) is 5.92 Å². The zero-order chi connectivity index (χ0) is 26.6. The fraction of sp³-hybridized carbons (Fsp3) is 0.348. The van der Waals surface area contributed by atoms with E-state index in [1.54, 1.807) is 29.2 Å². The van der Waals surface area contributed by atoms with Gasteiger partial charge in [-0.2, -0.15) is 13.2 Å². The number of amides is 2. The van der Waals surface area contributed by atoms with Gasteiger partial charge in [0.05, 0.1) is 22.1 Å². The molecule has 0 saturated carbocycles. The zero-order valence-corrected chi connectivity index (χ0v) is 19.6. The lowest BCUT2D eigenvalue weighted by Gasteiger charge is -2.31. The van der Waals surface area contributed by atoms with Gasteiger partial charge in [-0.15, -0.1) is 0 Å². The number of esters is 1. The van der Waals surface area contributed by atoms with Crippen molar-refractivity contribution < 1.29 is 37.2 Å². The van der Waals surface area contributed by atoms with Crippen LogP contribution in [0.5, 0.6) is 0 Å². The third-order valence-electron chi connectivity index (χ3n) is 5.65. The minimum absolute atomic E-state index is 0.213. The highest BCUT2D eigenvalue weighted by atomic mass is 35.5. The molecule has 192 valence electrons. The maximum atomic E-state index is 13.3. The summed E-state index contributed by atoms with van der Waals surface area (Å²) in [7, 11) is 0. The molecular formula is C23H21ClF3N3O6. The topological polar surface area (TPSA) is 119 Å². The van der Waals surface area contributed by atoms with Gasteiger partial charge in [-0.3, -0.25) is 24.5 Å². The van der Waals surface area contributed by atoms with E-state index in [2.05, 4.69) is 0 Å². The number of rotatable bonds is 6. The number of anilines is 1. The fourth-order valence-electron chi connectivity index (χ4n) is 3.64. The molecule has 2 aromatic rings. The molecule has 1 heterocycles. The van der Waals surface area contributed by atoms with Gasteiger partial charge in [-0.25, -0.2) is 0 Å². The van der Waals surface area contributed by atoms with Crippen LogP contribution in [-0.2, 0) is 20.5 Å². The van der Waals surface area contributed by atoms with Crippen LogP contribution in [0.15, 0.2) is 42.5 Å². The number of carbonyl (C=O) groups is 3. The first kappa shape index (κ1) is 26.9. The number of likely N-dealkylation sites (tertiary alicyclic amines) is 1. The van der Waals surface area contributed by atoms with Gasteiger partial charge in [0.2, 0.25) is 0 Å². The average Bonchev–Trinajstić information content (AvgIpc) is 2.83. The average molecular weight is 528 g/mol. The number of nitrogens with one attached hydrogen (secondary N) is 1. The molecule has 1 aliphatic rings. The smallest absolute Gasteiger partial charge is 0.418 e. The van der Waals surface area contributed by atoms with E-state index in [0.717, 1.165) is 12.1 Å². The highest BCUT2D eigenvalue weighted by Gasteiger charge is 2.36. The van der Waals surface area contributed by atoms with Crippen molar-refractivity contribution in [1.29, 1.82) is 0 Å². The number of hydrogen-bond donors (Lipinski definition) is 1. The Kier molecular flexibility index (Phi) is 8.18. The quantitative estimate of drug-likeness (QED) is 0.331. The highest BCUT2D eigenvalue weighted by molar-refractivity contribution is 6.30. The molecule has 2 amide bonds. The van der Waals surface area contributed by atoms with E-state index in [1.807, 2.05) is 5.32 Å². The molecule has 0 aliphatic carbocycles. The van der Waals surface area contributed by atoms with Gasteiger partial charge in [0, 0.05) is 35.8 Å². The van der Waals surface area contributed by atoms with Crippen LogP contribution in [0.2, 0.25) is 5.02 Å². The molecule has 1 saturated heterocycles.